The van der Waals surface area contributed by atoms with E-state index in [-0.39, 0.29) is 0 Å². The normalized spacial score (nSPS) is 10.7. The minimum absolute atomic E-state index is 0.459. The number of methoxy groups -OCH3 is 1. The van der Waals surface area contributed by atoms with E-state index in [0.29, 0.717) is 6.61 Å². The van der Waals surface area contributed by atoms with Crippen molar-refractivity contribution in [1.29, 1.82) is 0 Å². The zero-order valence-electron chi connectivity index (χ0n) is 14.6. The summed E-state index contributed by atoms with van der Waals surface area (Å²) in [6.07, 6.45) is 4.52. The number of halogens is 1. The van der Waals surface area contributed by atoms with Crippen molar-refractivity contribution in [3.05, 3.63) is 75.2 Å². The second kappa shape index (κ2) is 9.57. The third-order valence-electron chi connectivity index (χ3n) is 3.85. The van der Waals surface area contributed by atoms with E-state index in [2.05, 4.69) is 16.4 Å². The summed E-state index contributed by atoms with van der Waals surface area (Å²) in [4.78, 5) is 5.39. The lowest BCUT2D eigenvalue weighted by atomic mass is 10.2. The van der Waals surface area contributed by atoms with Gasteiger partial charge in [-0.1, -0.05) is 23.7 Å². The summed E-state index contributed by atoms with van der Waals surface area (Å²) in [7, 11) is 1.65. The lowest BCUT2D eigenvalue weighted by molar-refractivity contribution is 0.284. The standard InChI is InChI=1S/C20H21ClN2O2S/c1-24-18-6-4-15(12-23-10-8-17-5-7-20(21)26-17)11-19(18)25-14-16-3-2-9-22-13-16/h2-7,9,11,13,23H,8,10,12,14H2,1H3. The molecule has 0 saturated heterocycles. The van der Waals surface area contributed by atoms with Gasteiger partial charge in [-0.2, -0.15) is 0 Å². The average molecular weight is 389 g/mol. The quantitative estimate of drug-likeness (QED) is 0.539. The third-order valence-corrected chi connectivity index (χ3v) is 5.14. The van der Waals surface area contributed by atoms with Gasteiger partial charge in [0.15, 0.2) is 11.5 Å². The molecule has 0 unspecified atom stereocenters. The number of ether oxygens (including phenoxy) is 2. The highest BCUT2D eigenvalue weighted by molar-refractivity contribution is 7.16. The second-order valence-corrected chi connectivity index (χ2v) is 7.57. The Labute approximate surface area is 162 Å². The van der Waals surface area contributed by atoms with Crippen molar-refractivity contribution in [3.63, 3.8) is 0 Å². The largest absolute Gasteiger partial charge is 0.493 e. The van der Waals surface area contributed by atoms with Crippen LogP contribution in [0.5, 0.6) is 11.5 Å². The number of hydrogen-bond acceptors (Lipinski definition) is 5. The molecule has 26 heavy (non-hydrogen) atoms. The molecule has 2 heterocycles. The van der Waals surface area contributed by atoms with E-state index >= 15 is 0 Å². The minimum Gasteiger partial charge on any atom is -0.493 e. The SMILES string of the molecule is COc1ccc(CNCCc2ccc(Cl)s2)cc1OCc1cccnc1. The van der Waals surface area contributed by atoms with E-state index in [9.17, 15) is 0 Å². The predicted molar refractivity (Wildman–Crippen MR) is 106 cm³/mol. The molecular formula is C20H21ClN2O2S. The summed E-state index contributed by atoms with van der Waals surface area (Å²) in [6, 6.07) is 13.9. The van der Waals surface area contributed by atoms with Crippen molar-refractivity contribution < 1.29 is 9.47 Å². The van der Waals surface area contributed by atoms with Crippen molar-refractivity contribution in [2.24, 2.45) is 0 Å². The maximum Gasteiger partial charge on any atom is 0.161 e. The van der Waals surface area contributed by atoms with Gasteiger partial charge in [-0.3, -0.25) is 4.98 Å². The lowest BCUT2D eigenvalue weighted by Crippen LogP contribution is -2.16. The van der Waals surface area contributed by atoms with Gasteiger partial charge < -0.3 is 14.8 Å². The van der Waals surface area contributed by atoms with Crippen LogP contribution in [0.2, 0.25) is 4.34 Å². The number of aromatic nitrogens is 1. The van der Waals surface area contributed by atoms with Gasteiger partial charge in [0.25, 0.3) is 0 Å². The molecule has 0 atom stereocenters. The number of thiophene rings is 1. The zero-order chi connectivity index (χ0) is 18.2. The van der Waals surface area contributed by atoms with E-state index in [4.69, 9.17) is 21.1 Å². The van der Waals surface area contributed by atoms with Gasteiger partial charge in [0.2, 0.25) is 0 Å². The number of nitrogens with zero attached hydrogens (tertiary/aromatic N) is 1. The first-order valence-corrected chi connectivity index (χ1v) is 9.57. The maximum atomic E-state index is 5.96. The molecule has 0 aliphatic heterocycles. The highest BCUT2D eigenvalue weighted by atomic mass is 35.5. The fraction of sp³-hybridized carbons (Fsp3) is 0.250. The highest BCUT2D eigenvalue weighted by Gasteiger charge is 2.07. The molecular weight excluding hydrogens is 368 g/mol. The van der Waals surface area contributed by atoms with Crippen LogP contribution in [0.25, 0.3) is 0 Å². The average Bonchev–Trinajstić information content (AvgIpc) is 3.09. The van der Waals surface area contributed by atoms with Crippen LogP contribution in [0.15, 0.2) is 54.9 Å². The maximum absolute atomic E-state index is 5.96. The van der Waals surface area contributed by atoms with Crippen LogP contribution in [0.3, 0.4) is 0 Å². The van der Waals surface area contributed by atoms with Crippen LogP contribution in [0.1, 0.15) is 16.0 Å². The van der Waals surface area contributed by atoms with Gasteiger partial charge in [-0.25, -0.2) is 0 Å². The van der Waals surface area contributed by atoms with Gasteiger partial charge in [-0.05, 0) is 42.3 Å². The molecule has 0 amide bonds. The Bertz CT molecular complexity index is 824. The topological polar surface area (TPSA) is 43.4 Å². The molecule has 4 nitrogen and oxygen atoms in total. The van der Waals surface area contributed by atoms with Crippen molar-refractivity contribution >= 4 is 22.9 Å². The highest BCUT2D eigenvalue weighted by Crippen LogP contribution is 2.29. The number of rotatable bonds is 9. The number of benzene rings is 1. The lowest BCUT2D eigenvalue weighted by Gasteiger charge is -2.13. The smallest absolute Gasteiger partial charge is 0.161 e. The Kier molecular flexibility index (Phi) is 6.89. The third kappa shape index (κ3) is 5.46. The number of hydrogen-bond donors (Lipinski definition) is 1. The fourth-order valence-corrected chi connectivity index (χ4v) is 3.61. The number of pyridine rings is 1. The van der Waals surface area contributed by atoms with Crippen molar-refractivity contribution in [1.82, 2.24) is 10.3 Å². The van der Waals surface area contributed by atoms with Gasteiger partial charge >= 0.3 is 0 Å². The van der Waals surface area contributed by atoms with Crippen LogP contribution in [0, 0.1) is 0 Å². The van der Waals surface area contributed by atoms with Crippen LogP contribution >= 0.6 is 22.9 Å². The summed E-state index contributed by atoms with van der Waals surface area (Å²) in [6.45, 7) is 2.13. The first-order chi connectivity index (χ1) is 12.7. The Balaban J connectivity index is 1.54. The van der Waals surface area contributed by atoms with Gasteiger partial charge in [0.05, 0.1) is 11.4 Å². The molecule has 0 saturated carbocycles. The minimum atomic E-state index is 0.459. The molecule has 1 N–H and O–H groups in total. The molecule has 6 heteroatoms. The zero-order valence-corrected chi connectivity index (χ0v) is 16.1. The van der Waals surface area contributed by atoms with Gasteiger partial charge in [-0.15, -0.1) is 11.3 Å². The molecule has 0 aliphatic rings. The van der Waals surface area contributed by atoms with E-state index < -0.39 is 0 Å². The Morgan fingerprint density at radius 1 is 1.12 bits per heavy atom. The van der Waals surface area contributed by atoms with Crippen molar-refractivity contribution in [2.75, 3.05) is 13.7 Å². The van der Waals surface area contributed by atoms with E-state index in [1.807, 2.05) is 36.4 Å². The Morgan fingerprint density at radius 3 is 2.77 bits per heavy atom. The molecule has 3 rings (SSSR count). The van der Waals surface area contributed by atoms with Gasteiger partial charge in [0, 0.05) is 35.9 Å². The fourth-order valence-electron chi connectivity index (χ4n) is 2.52. The summed E-state index contributed by atoms with van der Waals surface area (Å²) in [5.74, 6) is 1.46. The molecule has 0 radical (unpaired) electrons. The Hall–Kier alpha value is -2.08. The van der Waals surface area contributed by atoms with Crippen LogP contribution in [-0.2, 0) is 19.6 Å². The van der Waals surface area contributed by atoms with Crippen LogP contribution in [-0.4, -0.2) is 18.6 Å². The van der Waals surface area contributed by atoms with Crippen LogP contribution in [0.4, 0.5) is 0 Å². The van der Waals surface area contributed by atoms with Crippen molar-refractivity contribution in [2.45, 2.75) is 19.6 Å². The molecule has 3 aromatic rings. The van der Waals surface area contributed by atoms with Gasteiger partial charge in [0.1, 0.15) is 6.61 Å². The first kappa shape index (κ1) is 18.7. The number of nitrogens with one attached hydrogen (secondary N) is 1. The molecule has 136 valence electrons. The molecule has 0 bridgehead atoms. The molecule has 0 spiro atoms. The summed E-state index contributed by atoms with van der Waals surface area (Å²) in [5.41, 5.74) is 2.17. The van der Waals surface area contributed by atoms with Crippen molar-refractivity contribution in [3.8, 4) is 11.5 Å². The van der Waals surface area contributed by atoms with E-state index in [1.165, 1.54) is 4.88 Å². The molecule has 0 aliphatic carbocycles. The summed E-state index contributed by atoms with van der Waals surface area (Å²) >= 11 is 7.59. The van der Waals surface area contributed by atoms with Crippen LogP contribution < -0.4 is 14.8 Å². The molecule has 2 aromatic heterocycles. The van der Waals surface area contributed by atoms with E-state index in [1.54, 1.807) is 30.8 Å². The first-order valence-electron chi connectivity index (χ1n) is 8.38. The molecule has 1 aromatic carbocycles. The monoisotopic (exact) mass is 388 g/mol. The predicted octanol–water partition coefficient (Wildman–Crippen LogP) is 4.72. The molecule has 0 fully saturated rings. The Morgan fingerprint density at radius 2 is 2.04 bits per heavy atom. The van der Waals surface area contributed by atoms with E-state index in [0.717, 1.165) is 46.5 Å². The second-order valence-electron chi connectivity index (χ2n) is 5.77. The summed E-state index contributed by atoms with van der Waals surface area (Å²) in [5, 5.41) is 3.46. The summed E-state index contributed by atoms with van der Waals surface area (Å²) < 4.78 is 12.2.